The maximum atomic E-state index is 13.2. The zero-order chi connectivity index (χ0) is 25.5. The van der Waals surface area contributed by atoms with Crippen LogP contribution in [-0.2, 0) is 9.53 Å². The van der Waals surface area contributed by atoms with E-state index < -0.39 is 19.1 Å². The van der Waals surface area contributed by atoms with Crippen molar-refractivity contribution >= 4 is 46.7 Å². The molecule has 0 atom stereocenters. The van der Waals surface area contributed by atoms with Crippen LogP contribution in [-0.4, -0.2) is 19.0 Å². The van der Waals surface area contributed by atoms with E-state index in [0.717, 1.165) is 21.5 Å². The lowest BCUT2D eigenvalue weighted by Crippen LogP contribution is -2.35. The van der Waals surface area contributed by atoms with Gasteiger partial charge in [0, 0.05) is 5.56 Å². The van der Waals surface area contributed by atoms with Gasteiger partial charge in [-0.1, -0.05) is 120 Å². The molecule has 0 fully saturated rings. The summed E-state index contributed by atoms with van der Waals surface area (Å²) in [6, 6.07) is 36.6. The molecule has 0 unspecified atom stereocenters. The molecule has 0 bridgehead atoms. The number of methoxy groups -OCH3 is 1. The number of aryl methyl sites for hydroxylation is 1. The van der Waals surface area contributed by atoms with Crippen molar-refractivity contribution < 1.29 is 14.3 Å². The first-order chi connectivity index (χ1) is 17.5. The summed E-state index contributed by atoms with van der Waals surface area (Å²) < 4.78 is 5.35. The van der Waals surface area contributed by atoms with Crippen LogP contribution >= 0.6 is 18.9 Å². The van der Waals surface area contributed by atoms with Gasteiger partial charge in [0.05, 0.1) is 11.9 Å². The third-order valence-corrected chi connectivity index (χ3v) is 10.9. The SMILES string of the molecule is COC(=O)/C(NC(=O)c1ccc(C)cc1)=C(/Cl)[P](c1ccccc1)(c1ccccc1)c1ccccc1. The molecule has 4 aromatic carbocycles. The van der Waals surface area contributed by atoms with Crippen LogP contribution in [0.1, 0.15) is 15.9 Å². The number of hydrogen-bond acceptors (Lipinski definition) is 3. The summed E-state index contributed by atoms with van der Waals surface area (Å²) in [7, 11) is -1.52. The Hall–Kier alpha value is -3.72. The van der Waals surface area contributed by atoms with E-state index in [-0.39, 0.29) is 10.5 Å². The molecule has 0 aromatic heterocycles. The van der Waals surface area contributed by atoms with Crippen LogP contribution in [0.4, 0.5) is 0 Å². The molecule has 4 rings (SSSR count). The summed E-state index contributed by atoms with van der Waals surface area (Å²) >= 11 is 7.32. The molecular formula is C30H26ClNO3P. The van der Waals surface area contributed by atoms with Crippen molar-refractivity contribution in [1.29, 1.82) is 0 Å². The number of carbonyl (C=O) groups excluding carboxylic acids is 2. The Bertz CT molecular complexity index is 1280. The van der Waals surface area contributed by atoms with Gasteiger partial charge in [-0.05, 0) is 42.2 Å². The van der Waals surface area contributed by atoms with Crippen molar-refractivity contribution in [2.45, 2.75) is 6.92 Å². The quantitative estimate of drug-likeness (QED) is 0.207. The van der Waals surface area contributed by atoms with Crippen LogP contribution < -0.4 is 21.2 Å². The highest BCUT2D eigenvalue weighted by Gasteiger charge is 2.41. The molecule has 4 aromatic rings. The summed E-state index contributed by atoms with van der Waals surface area (Å²) in [6.07, 6.45) is 0. The number of esters is 1. The van der Waals surface area contributed by atoms with Gasteiger partial charge in [-0.3, -0.25) is 4.79 Å². The van der Waals surface area contributed by atoms with Crippen molar-refractivity contribution in [3.05, 3.63) is 137 Å². The highest BCUT2D eigenvalue weighted by atomic mass is 35.5. The molecule has 4 nitrogen and oxygen atoms in total. The molecule has 0 spiro atoms. The molecule has 6 heteroatoms. The number of nitrogens with one attached hydrogen (secondary N) is 1. The fourth-order valence-corrected chi connectivity index (χ4v) is 9.01. The third-order valence-electron chi connectivity index (χ3n) is 5.87. The van der Waals surface area contributed by atoms with Gasteiger partial charge < -0.3 is 10.1 Å². The van der Waals surface area contributed by atoms with Crippen LogP contribution in [0.5, 0.6) is 0 Å². The maximum absolute atomic E-state index is 13.2. The minimum absolute atomic E-state index is 0.0744. The van der Waals surface area contributed by atoms with E-state index in [2.05, 4.69) is 5.32 Å². The number of benzene rings is 4. The Labute approximate surface area is 216 Å². The van der Waals surface area contributed by atoms with E-state index in [9.17, 15) is 9.59 Å². The zero-order valence-corrected chi connectivity index (χ0v) is 21.7. The van der Waals surface area contributed by atoms with Gasteiger partial charge in [-0.2, -0.15) is 0 Å². The molecule has 0 aliphatic carbocycles. The Kier molecular flexibility index (Phi) is 8.00. The summed E-state index contributed by atoms with van der Waals surface area (Å²) in [5.41, 5.74) is 1.36. The minimum Gasteiger partial charge on any atom is -0.464 e. The predicted octanol–water partition coefficient (Wildman–Crippen LogP) is 5.30. The fourth-order valence-electron chi connectivity index (χ4n) is 4.09. The molecule has 36 heavy (non-hydrogen) atoms. The summed E-state index contributed by atoms with van der Waals surface area (Å²) in [5.74, 6) is -1.16. The number of halogens is 1. The first-order valence-corrected chi connectivity index (χ1v) is 13.6. The second-order valence-electron chi connectivity index (χ2n) is 8.16. The standard InChI is InChI=1S/C30H26ClNO3P/c1-22-18-20-23(21-19-22)29(33)32-27(30(34)35-2)28(31)36(24-12-6-3-7-13-24,25-14-8-4-9-15-25)26-16-10-5-11-17-26/h3-21H,1-2H3,(H,32,33)/b28-27+. The monoisotopic (exact) mass is 514 g/mol. The average Bonchev–Trinajstić information content (AvgIpc) is 2.93. The number of carbonyl (C=O) groups is 2. The molecule has 1 amide bonds. The summed E-state index contributed by atoms with van der Waals surface area (Å²) in [6.45, 7) is 1.94. The van der Waals surface area contributed by atoms with Crippen molar-refractivity contribution in [2.75, 3.05) is 7.11 Å². The lowest BCUT2D eigenvalue weighted by atomic mass is 10.1. The van der Waals surface area contributed by atoms with Crippen molar-refractivity contribution in [3.63, 3.8) is 0 Å². The first-order valence-electron chi connectivity index (χ1n) is 11.4. The van der Waals surface area contributed by atoms with E-state index in [1.807, 2.05) is 110 Å². The van der Waals surface area contributed by atoms with Gasteiger partial charge in [0.1, 0.15) is 5.70 Å². The minimum atomic E-state index is -2.79. The molecule has 0 aliphatic rings. The van der Waals surface area contributed by atoms with Crippen LogP contribution in [0, 0.1) is 6.92 Å². The molecule has 1 N–H and O–H groups in total. The Morgan fingerprint density at radius 2 is 1.11 bits per heavy atom. The first kappa shape index (κ1) is 25.4. The van der Waals surface area contributed by atoms with E-state index in [1.165, 1.54) is 7.11 Å². The van der Waals surface area contributed by atoms with Crippen molar-refractivity contribution in [1.82, 2.24) is 5.32 Å². The second-order valence-corrected chi connectivity index (χ2v) is 12.1. The van der Waals surface area contributed by atoms with Crippen LogP contribution in [0.15, 0.2) is 126 Å². The summed E-state index contributed by atoms with van der Waals surface area (Å²) in [5, 5.41) is 5.61. The van der Waals surface area contributed by atoms with Crippen molar-refractivity contribution in [2.24, 2.45) is 0 Å². The lowest BCUT2D eigenvalue weighted by Gasteiger charge is -2.38. The Morgan fingerprint density at radius 3 is 1.50 bits per heavy atom. The van der Waals surface area contributed by atoms with Crippen molar-refractivity contribution in [3.8, 4) is 0 Å². The number of rotatable bonds is 7. The van der Waals surface area contributed by atoms with Gasteiger partial charge in [0.25, 0.3) is 5.91 Å². The molecule has 1 radical (unpaired) electrons. The van der Waals surface area contributed by atoms with Crippen LogP contribution in [0.25, 0.3) is 0 Å². The number of amides is 1. The smallest absolute Gasteiger partial charge is 0.356 e. The average molecular weight is 515 g/mol. The highest BCUT2D eigenvalue weighted by Crippen LogP contribution is 2.64. The number of hydrogen-bond donors (Lipinski definition) is 1. The largest absolute Gasteiger partial charge is 0.464 e. The Balaban J connectivity index is 2.02. The predicted molar refractivity (Wildman–Crippen MR) is 149 cm³/mol. The van der Waals surface area contributed by atoms with Gasteiger partial charge >= 0.3 is 5.97 Å². The van der Waals surface area contributed by atoms with Gasteiger partial charge in [0.15, 0.2) is 0 Å². The lowest BCUT2D eigenvalue weighted by molar-refractivity contribution is -0.136. The van der Waals surface area contributed by atoms with Crippen LogP contribution in [0.3, 0.4) is 0 Å². The zero-order valence-electron chi connectivity index (χ0n) is 20.0. The highest BCUT2D eigenvalue weighted by molar-refractivity contribution is 8.00. The molecule has 181 valence electrons. The van der Waals surface area contributed by atoms with E-state index in [4.69, 9.17) is 16.3 Å². The molecule has 0 saturated carbocycles. The topological polar surface area (TPSA) is 55.4 Å². The maximum Gasteiger partial charge on any atom is 0.356 e. The van der Waals surface area contributed by atoms with E-state index in [1.54, 1.807) is 12.1 Å². The van der Waals surface area contributed by atoms with Gasteiger partial charge in [0.2, 0.25) is 0 Å². The van der Waals surface area contributed by atoms with Crippen LogP contribution in [0.2, 0.25) is 0 Å². The Morgan fingerprint density at radius 1 is 0.694 bits per heavy atom. The molecule has 0 heterocycles. The van der Waals surface area contributed by atoms with E-state index in [0.29, 0.717) is 5.56 Å². The van der Waals surface area contributed by atoms with Gasteiger partial charge in [-0.15, -0.1) is 0 Å². The normalized spacial score (nSPS) is 11.9. The molecule has 0 saturated heterocycles. The molecular weight excluding hydrogens is 489 g/mol. The van der Waals surface area contributed by atoms with E-state index >= 15 is 0 Å². The third kappa shape index (κ3) is 4.97. The second kappa shape index (κ2) is 11.3. The summed E-state index contributed by atoms with van der Waals surface area (Å²) in [4.78, 5) is 26.4. The van der Waals surface area contributed by atoms with Gasteiger partial charge in [-0.25, -0.2) is 4.79 Å². The fraction of sp³-hybridized carbons (Fsp3) is 0.0667. The molecule has 0 aliphatic heterocycles. The number of ether oxygens (including phenoxy) is 1.